The number of hydrogen-bond donors (Lipinski definition) is 2. The number of anilines is 1. The van der Waals surface area contributed by atoms with Crippen molar-refractivity contribution in [3.8, 4) is 27.4 Å². The van der Waals surface area contributed by atoms with Crippen molar-refractivity contribution in [3.63, 3.8) is 0 Å². The third kappa shape index (κ3) is 5.68. The summed E-state index contributed by atoms with van der Waals surface area (Å²) >= 11 is 7.60. The maximum Gasteiger partial charge on any atom is 0.242 e. The average Bonchev–Trinajstić information content (AvgIpc) is 3.47. The van der Waals surface area contributed by atoms with E-state index < -0.39 is 5.82 Å². The van der Waals surface area contributed by atoms with E-state index in [2.05, 4.69) is 10.2 Å². The Hall–Kier alpha value is -2.68. The predicted octanol–water partition coefficient (Wildman–Crippen LogP) is 5.01. The summed E-state index contributed by atoms with van der Waals surface area (Å²) in [6.07, 6.45) is 2.48. The van der Waals surface area contributed by atoms with Crippen LogP contribution in [-0.4, -0.2) is 60.7 Å². The van der Waals surface area contributed by atoms with Crippen LogP contribution in [0.1, 0.15) is 19.3 Å². The molecule has 2 N–H and O–H groups in total. The Morgan fingerprint density at radius 3 is 2.85 bits per heavy atom. The number of nitrogens with one attached hydrogen (secondary N) is 1. The van der Waals surface area contributed by atoms with E-state index in [1.807, 2.05) is 43.3 Å². The summed E-state index contributed by atoms with van der Waals surface area (Å²) in [5.41, 5.74) is 1.58. The van der Waals surface area contributed by atoms with E-state index >= 15 is 0 Å². The molecule has 0 spiro atoms. The Kier molecular flexibility index (Phi) is 7.70. The molecule has 0 radical (unpaired) electrons. The molecule has 3 heterocycles. The van der Waals surface area contributed by atoms with Crippen molar-refractivity contribution in [1.82, 2.24) is 15.2 Å². The van der Waals surface area contributed by atoms with E-state index in [1.165, 1.54) is 29.5 Å². The fraction of sp³-hybridized carbons (Fsp3) is 0.360. The molecule has 9 heteroatoms. The number of pyridine rings is 1. The summed E-state index contributed by atoms with van der Waals surface area (Å²) in [6, 6.07) is 10.9. The van der Waals surface area contributed by atoms with Gasteiger partial charge in [0.1, 0.15) is 23.4 Å². The normalized spacial score (nSPS) is 15.8. The number of aromatic nitrogens is 1. The average molecular weight is 503 g/mol. The lowest BCUT2D eigenvalue weighted by molar-refractivity contribution is -0.122. The molecule has 1 atom stereocenters. The zero-order valence-electron chi connectivity index (χ0n) is 19.2. The number of halogens is 2. The number of aromatic hydroxyl groups is 1. The van der Waals surface area contributed by atoms with Gasteiger partial charge in [-0.3, -0.25) is 4.79 Å². The first-order valence-electron chi connectivity index (χ1n) is 11.3. The lowest BCUT2D eigenvalue weighted by Crippen LogP contribution is -2.44. The van der Waals surface area contributed by atoms with Gasteiger partial charge in [0, 0.05) is 23.5 Å². The Balaban J connectivity index is 1.67. The van der Waals surface area contributed by atoms with E-state index in [0.717, 1.165) is 36.2 Å². The van der Waals surface area contributed by atoms with Crippen LogP contribution in [-0.2, 0) is 4.79 Å². The third-order valence-corrected chi connectivity index (χ3v) is 7.12. The minimum absolute atomic E-state index is 0.0159. The number of benzene rings is 1. The SMILES string of the molecule is CN(C)CCCNC(=O)[C@@H]1CCCN1c1cc(-c2ccc(Cl)s2)cc(-c2cc(F)ccc2O)n1. The Labute approximate surface area is 208 Å². The minimum atomic E-state index is -0.461. The van der Waals surface area contributed by atoms with Crippen LogP contribution < -0.4 is 10.2 Å². The molecule has 2 aromatic heterocycles. The lowest BCUT2D eigenvalue weighted by atomic mass is 10.1. The summed E-state index contributed by atoms with van der Waals surface area (Å²) in [6.45, 7) is 2.21. The van der Waals surface area contributed by atoms with E-state index in [4.69, 9.17) is 16.6 Å². The standard InChI is InChI=1S/C25H28ClFN4O2S/c1-30(2)11-4-10-28-25(33)20-5-3-12-31(20)24-14-16(22-8-9-23(26)34-22)13-19(29-24)18-15-17(27)6-7-21(18)32/h6-9,13-15,20,32H,3-5,10-12H2,1-2H3,(H,28,33)/t20-/m0/s1. The van der Waals surface area contributed by atoms with Gasteiger partial charge >= 0.3 is 0 Å². The van der Waals surface area contributed by atoms with Crippen molar-refractivity contribution < 1.29 is 14.3 Å². The van der Waals surface area contributed by atoms with Crippen LogP contribution in [0.15, 0.2) is 42.5 Å². The molecular formula is C25H28ClFN4O2S. The van der Waals surface area contributed by atoms with Gasteiger partial charge in [0.15, 0.2) is 0 Å². The van der Waals surface area contributed by atoms with Gasteiger partial charge in [0.2, 0.25) is 5.91 Å². The molecule has 1 amide bonds. The van der Waals surface area contributed by atoms with Crippen LogP contribution in [0, 0.1) is 5.82 Å². The summed E-state index contributed by atoms with van der Waals surface area (Å²) in [5, 5.41) is 13.5. The molecule has 0 unspecified atom stereocenters. The van der Waals surface area contributed by atoms with E-state index in [1.54, 1.807) is 0 Å². The second kappa shape index (κ2) is 10.7. The van der Waals surface area contributed by atoms with Crippen molar-refractivity contribution in [2.75, 3.05) is 38.6 Å². The molecule has 1 saturated heterocycles. The molecule has 0 saturated carbocycles. The number of amides is 1. The zero-order valence-corrected chi connectivity index (χ0v) is 20.8. The minimum Gasteiger partial charge on any atom is -0.507 e. The van der Waals surface area contributed by atoms with E-state index in [9.17, 15) is 14.3 Å². The Morgan fingerprint density at radius 2 is 2.12 bits per heavy atom. The second-order valence-electron chi connectivity index (χ2n) is 8.66. The van der Waals surface area contributed by atoms with Gasteiger partial charge in [-0.15, -0.1) is 11.3 Å². The molecule has 4 rings (SSSR count). The van der Waals surface area contributed by atoms with Crippen LogP contribution in [0.4, 0.5) is 10.2 Å². The van der Waals surface area contributed by atoms with E-state index in [0.29, 0.717) is 34.5 Å². The summed E-state index contributed by atoms with van der Waals surface area (Å²) in [7, 11) is 4.02. The largest absolute Gasteiger partial charge is 0.507 e. The molecule has 1 aliphatic rings. The molecule has 34 heavy (non-hydrogen) atoms. The Bertz CT molecular complexity index is 1170. The molecule has 1 aliphatic heterocycles. The van der Waals surface area contributed by atoms with Gasteiger partial charge < -0.3 is 20.2 Å². The van der Waals surface area contributed by atoms with Crippen LogP contribution in [0.3, 0.4) is 0 Å². The Morgan fingerprint density at radius 1 is 1.29 bits per heavy atom. The van der Waals surface area contributed by atoms with E-state index in [-0.39, 0.29) is 17.7 Å². The number of nitrogens with zero attached hydrogens (tertiary/aromatic N) is 3. The number of rotatable bonds is 8. The molecule has 1 fully saturated rings. The number of thiophene rings is 1. The summed E-state index contributed by atoms with van der Waals surface area (Å²) in [4.78, 5) is 22.8. The quantitative estimate of drug-likeness (QED) is 0.424. The third-order valence-electron chi connectivity index (χ3n) is 5.84. The smallest absolute Gasteiger partial charge is 0.242 e. The molecule has 6 nitrogen and oxygen atoms in total. The topological polar surface area (TPSA) is 68.7 Å². The first kappa shape index (κ1) is 24.4. The van der Waals surface area contributed by atoms with Crippen molar-refractivity contribution in [2.24, 2.45) is 0 Å². The fourth-order valence-corrected chi connectivity index (χ4v) is 5.19. The maximum absolute atomic E-state index is 14.0. The maximum atomic E-state index is 14.0. The van der Waals surface area contributed by atoms with Gasteiger partial charge in [0.25, 0.3) is 0 Å². The van der Waals surface area contributed by atoms with Gasteiger partial charge in [0.05, 0.1) is 10.0 Å². The number of phenols is 1. The van der Waals surface area contributed by atoms with Crippen molar-refractivity contribution in [2.45, 2.75) is 25.3 Å². The lowest BCUT2D eigenvalue weighted by Gasteiger charge is -2.26. The van der Waals surface area contributed by atoms with Gasteiger partial charge in [-0.2, -0.15) is 0 Å². The summed E-state index contributed by atoms with van der Waals surface area (Å²) < 4.78 is 14.7. The molecular weight excluding hydrogens is 475 g/mol. The highest BCUT2D eigenvalue weighted by Gasteiger charge is 2.32. The van der Waals surface area contributed by atoms with Crippen molar-refractivity contribution in [1.29, 1.82) is 0 Å². The molecule has 3 aromatic rings. The van der Waals surface area contributed by atoms with Crippen molar-refractivity contribution in [3.05, 3.63) is 52.6 Å². The van der Waals surface area contributed by atoms with Crippen LogP contribution in [0.2, 0.25) is 4.34 Å². The van der Waals surface area contributed by atoms with Gasteiger partial charge in [-0.25, -0.2) is 9.37 Å². The second-order valence-corrected chi connectivity index (χ2v) is 10.4. The predicted molar refractivity (Wildman–Crippen MR) is 136 cm³/mol. The first-order valence-corrected chi connectivity index (χ1v) is 12.5. The van der Waals surface area contributed by atoms with Gasteiger partial charge in [-0.05, 0) is 87.9 Å². The highest BCUT2D eigenvalue weighted by molar-refractivity contribution is 7.19. The van der Waals surface area contributed by atoms with Crippen LogP contribution in [0.25, 0.3) is 21.7 Å². The van der Waals surface area contributed by atoms with Crippen LogP contribution >= 0.6 is 22.9 Å². The van der Waals surface area contributed by atoms with Crippen molar-refractivity contribution >= 4 is 34.7 Å². The number of carbonyl (C=O) groups is 1. The summed E-state index contributed by atoms with van der Waals surface area (Å²) in [5.74, 6) is 0.0825. The first-order chi connectivity index (χ1) is 16.3. The molecule has 180 valence electrons. The fourth-order valence-electron chi connectivity index (χ4n) is 4.16. The molecule has 1 aromatic carbocycles. The monoisotopic (exact) mass is 502 g/mol. The van der Waals surface area contributed by atoms with Gasteiger partial charge in [-0.1, -0.05) is 11.6 Å². The van der Waals surface area contributed by atoms with Crippen LogP contribution in [0.5, 0.6) is 5.75 Å². The molecule has 0 bridgehead atoms. The highest BCUT2D eigenvalue weighted by atomic mass is 35.5. The zero-order chi connectivity index (χ0) is 24.2. The number of carbonyl (C=O) groups excluding carboxylic acids is 1. The number of phenolic OH excluding ortho intramolecular Hbond substituents is 1. The number of hydrogen-bond acceptors (Lipinski definition) is 6. The highest BCUT2D eigenvalue weighted by Crippen LogP contribution is 2.38. The molecule has 0 aliphatic carbocycles.